The minimum absolute atomic E-state index is 0.0543. The van der Waals surface area contributed by atoms with Crippen LogP contribution in [0.25, 0.3) is 0 Å². The van der Waals surface area contributed by atoms with Crippen molar-refractivity contribution in [2.75, 3.05) is 13.7 Å². The molecule has 1 aromatic carbocycles. The zero-order valence-corrected chi connectivity index (χ0v) is 9.88. The lowest BCUT2D eigenvalue weighted by molar-refractivity contribution is 0.140. The Morgan fingerprint density at radius 2 is 2.29 bits per heavy atom. The summed E-state index contributed by atoms with van der Waals surface area (Å²) in [6.07, 6.45) is 0.658. The van der Waals surface area contributed by atoms with Gasteiger partial charge in [0.15, 0.2) is 0 Å². The quantitative estimate of drug-likeness (QED) is 0.875. The molecule has 17 heavy (non-hydrogen) atoms. The van der Waals surface area contributed by atoms with Crippen LogP contribution in [0.15, 0.2) is 18.2 Å². The van der Waals surface area contributed by atoms with Gasteiger partial charge in [0.2, 0.25) is 0 Å². The molecule has 0 radical (unpaired) electrons. The minimum Gasteiger partial charge on any atom is -0.497 e. The fourth-order valence-corrected chi connectivity index (χ4v) is 2.36. The predicted molar refractivity (Wildman–Crippen MR) is 62.7 cm³/mol. The molecule has 0 bridgehead atoms. The molecule has 1 N–H and O–H groups in total. The molecule has 0 spiro atoms. The van der Waals surface area contributed by atoms with E-state index in [0.29, 0.717) is 0 Å². The summed E-state index contributed by atoms with van der Waals surface area (Å²) in [5.74, 6) is 0.832. The highest BCUT2D eigenvalue weighted by molar-refractivity contribution is 5.39. The van der Waals surface area contributed by atoms with E-state index in [2.05, 4.69) is 5.32 Å². The number of alkyl halides is 2. The first kappa shape index (κ1) is 12.3. The van der Waals surface area contributed by atoms with Crippen molar-refractivity contribution >= 4 is 0 Å². The number of methoxy groups -OCH3 is 1. The molecule has 2 nitrogen and oxygen atoms in total. The van der Waals surface area contributed by atoms with Gasteiger partial charge in [-0.25, -0.2) is 8.78 Å². The highest BCUT2D eigenvalue weighted by atomic mass is 19.3. The summed E-state index contributed by atoms with van der Waals surface area (Å²) in [6.45, 7) is -0.240. The molecule has 0 aromatic heterocycles. The van der Waals surface area contributed by atoms with Gasteiger partial charge in [0.05, 0.1) is 13.7 Å². The van der Waals surface area contributed by atoms with Gasteiger partial charge in [-0.3, -0.25) is 0 Å². The van der Waals surface area contributed by atoms with Gasteiger partial charge in [0.25, 0.3) is 6.43 Å². The molecule has 1 aromatic rings. The van der Waals surface area contributed by atoms with Crippen molar-refractivity contribution in [2.45, 2.75) is 31.7 Å². The zero-order valence-electron chi connectivity index (χ0n) is 9.88. The first-order valence-corrected chi connectivity index (χ1v) is 5.89. The third-order valence-electron chi connectivity index (χ3n) is 3.18. The Balaban J connectivity index is 2.14. The first-order chi connectivity index (χ1) is 8.20. The fourth-order valence-electron chi connectivity index (χ4n) is 2.36. The van der Waals surface area contributed by atoms with E-state index in [9.17, 15) is 8.78 Å². The van der Waals surface area contributed by atoms with Gasteiger partial charge in [0, 0.05) is 6.04 Å². The van der Waals surface area contributed by atoms with Gasteiger partial charge >= 0.3 is 0 Å². The molecule has 0 fully saturated rings. The molecular weight excluding hydrogens is 224 g/mol. The van der Waals surface area contributed by atoms with E-state index < -0.39 is 6.43 Å². The van der Waals surface area contributed by atoms with Crippen molar-refractivity contribution in [3.8, 4) is 5.75 Å². The summed E-state index contributed by atoms with van der Waals surface area (Å²) < 4.78 is 29.6. The van der Waals surface area contributed by atoms with Crippen LogP contribution in [0.2, 0.25) is 0 Å². The van der Waals surface area contributed by atoms with Crippen LogP contribution in [-0.2, 0) is 6.42 Å². The lowest BCUT2D eigenvalue weighted by Crippen LogP contribution is -2.29. The summed E-state index contributed by atoms with van der Waals surface area (Å²) in [5, 5.41) is 2.92. The van der Waals surface area contributed by atoms with E-state index in [1.165, 1.54) is 5.56 Å². The van der Waals surface area contributed by atoms with Crippen molar-refractivity contribution in [2.24, 2.45) is 0 Å². The molecule has 2 rings (SSSR count). The van der Waals surface area contributed by atoms with E-state index in [0.717, 1.165) is 30.6 Å². The molecule has 0 saturated carbocycles. The van der Waals surface area contributed by atoms with Gasteiger partial charge in [-0.05, 0) is 42.5 Å². The summed E-state index contributed by atoms with van der Waals surface area (Å²) >= 11 is 0. The number of nitrogens with one attached hydrogen (secondary N) is 1. The van der Waals surface area contributed by atoms with E-state index in [1.54, 1.807) is 7.11 Å². The third-order valence-corrected chi connectivity index (χ3v) is 3.18. The lowest BCUT2D eigenvalue weighted by atomic mass is 9.87. The molecule has 94 valence electrons. The molecule has 1 unspecified atom stereocenters. The number of halogens is 2. The monoisotopic (exact) mass is 241 g/mol. The Bertz CT molecular complexity index is 382. The summed E-state index contributed by atoms with van der Waals surface area (Å²) in [4.78, 5) is 0. The van der Waals surface area contributed by atoms with Crippen LogP contribution in [-0.4, -0.2) is 20.1 Å². The Morgan fingerprint density at radius 3 is 3.00 bits per heavy atom. The minimum atomic E-state index is -2.29. The predicted octanol–water partition coefficient (Wildman–Crippen LogP) is 2.93. The van der Waals surface area contributed by atoms with Crippen LogP contribution in [0, 0.1) is 0 Å². The molecule has 1 aliphatic rings. The van der Waals surface area contributed by atoms with Gasteiger partial charge in [-0.15, -0.1) is 0 Å². The fraction of sp³-hybridized carbons (Fsp3) is 0.538. The van der Waals surface area contributed by atoms with Crippen LogP contribution in [0.5, 0.6) is 5.75 Å². The number of ether oxygens (including phenoxy) is 1. The van der Waals surface area contributed by atoms with Crippen molar-refractivity contribution in [1.82, 2.24) is 5.32 Å². The Labute approximate surface area is 100.0 Å². The topological polar surface area (TPSA) is 21.3 Å². The normalized spacial score (nSPS) is 19.2. The lowest BCUT2D eigenvalue weighted by Gasteiger charge is -2.26. The number of benzene rings is 1. The number of hydrogen-bond acceptors (Lipinski definition) is 2. The maximum absolute atomic E-state index is 12.2. The Hall–Kier alpha value is -1.16. The molecule has 4 heteroatoms. The van der Waals surface area contributed by atoms with Crippen molar-refractivity contribution in [3.05, 3.63) is 29.3 Å². The second kappa shape index (κ2) is 5.45. The van der Waals surface area contributed by atoms with Crippen LogP contribution in [0.1, 0.15) is 30.0 Å². The number of hydrogen-bond donors (Lipinski definition) is 1. The van der Waals surface area contributed by atoms with Crippen molar-refractivity contribution in [1.29, 1.82) is 0 Å². The van der Waals surface area contributed by atoms with Gasteiger partial charge < -0.3 is 10.1 Å². The van der Waals surface area contributed by atoms with E-state index in [1.807, 2.05) is 18.2 Å². The number of rotatable bonds is 4. The van der Waals surface area contributed by atoms with Crippen molar-refractivity contribution < 1.29 is 13.5 Å². The van der Waals surface area contributed by atoms with E-state index in [-0.39, 0.29) is 12.6 Å². The molecule has 0 saturated heterocycles. The molecule has 1 atom stereocenters. The molecular formula is C13H17F2NO. The maximum atomic E-state index is 12.2. The van der Waals surface area contributed by atoms with Crippen LogP contribution < -0.4 is 10.1 Å². The highest BCUT2D eigenvalue weighted by Gasteiger charge is 2.21. The Morgan fingerprint density at radius 1 is 1.47 bits per heavy atom. The summed E-state index contributed by atoms with van der Waals surface area (Å²) in [5.41, 5.74) is 2.35. The van der Waals surface area contributed by atoms with Gasteiger partial charge in [-0.1, -0.05) is 6.07 Å². The van der Waals surface area contributed by atoms with Crippen LogP contribution in [0.3, 0.4) is 0 Å². The van der Waals surface area contributed by atoms with E-state index in [4.69, 9.17) is 4.74 Å². The third kappa shape index (κ3) is 2.94. The number of aryl methyl sites for hydroxylation is 1. The molecule has 0 heterocycles. The van der Waals surface area contributed by atoms with Crippen molar-refractivity contribution in [3.63, 3.8) is 0 Å². The van der Waals surface area contributed by atoms with Gasteiger partial charge in [-0.2, -0.15) is 0 Å². The second-order valence-corrected chi connectivity index (χ2v) is 4.31. The number of fused-ring (bicyclic) bond motifs is 1. The molecule has 0 amide bonds. The first-order valence-electron chi connectivity index (χ1n) is 5.89. The van der Waals surface area contributed by atoms with Crippen LogP contribution in [0.4, 0.5) is 8.78 Å². The highest BCUT2D eigenvalue weighted by Crippen LogP contribution is 2.32. The second-order valence-electron chi connectivity index (χ2n) is 4.31. The molecule has 1 aliphatic carbocycles. The average Bonchev–Trinajstić information content (AvgIpc) is 2.35. The summed E-state index contributed by atoms with van der Waals surface area (Å²) in [7, 11) is 1.64. The summed E-state index contributed by atoms with van der Waals surface area (Å²) in [6, 6.07) is 5.93. The van der Waals surface area contributed by atoms with Gasteiger partial charge in [0.1, 0.15) is 5.75 Å². The van der Waals surface area contributed by atoms with E-state index >= 15 is 0 Å². The standard InChI is InChI=1S/C13H17F2NO/c1-17-10-5-6-11-9(7-10)3-2-4-12(11)16-8-13(14)15/h5-7,12-13,16H,2-4,8H2,1H3. The average molecular weight is 241 g/mol. The molecule has 0 aliphatic heterocycles. The maximum Gasteiger partial charge on any atom is 0.250 e. The smallest absolute Gasteiger partial charge is 0.250 e. The largest absolute Gasteiger partial charge is 0.497 e. The zero-order chi connectivity index (χ0) is 12.3. The SMILES string of the molecule is COc1ccc2c(c1)CCCC2NCC(F)F. The Kier molecular flexibility index (Phi) is 3.94. The van der Waals surface area contributed by atoms with Crippen LogP contribution >= 0.6 is 0 Å².